The molecule has 0 aliphatic rings. The van der Waals surface area contributed by atoms with Crippen LogP contribution in [0.25, 0.3) is 0 Å². The topological polar surface area (TPSA) is 61.0 Å². The monoisotopic (exact) mass is 221 g/mol. The van der Waals surface area contributed by atoms with Crippen molar-refractivity contribution in [1.82, 2.24) is 9.97 Å². The fourth-order valence-electron chi connectivity index (χ4n) is 0.881. The van der Waals surface area contributed by atoms with E-state index in [2.05, 4.69) is 9.97 Å². The molecule has 0 aromatic carbocycles. The Morgan fingerprint density at radius 2 is 2.13 bits per heavy atom. The van der Waals surface area contributed by atoms with Gasteiger partial charge in [0.05, 0.1) is 13.0 Å². The van der Waals surface area contributed by atoms with E-state index in [0.717, 1.165) is 0 Å². The van der Waals surface area contributed by atoms with Gasteiger partial charge in [-0.25, -0.2) is 9.97 Å². The van der Waals surface area contributed by atoms with Crippen LogP contribution >= 0.6 is 0 Å². The van der Waals surface area contributed by atoms with Gasteiger partial charge in [0.15, 0.2) is 0 Å². The molecule has 1 heterocycles. The number of hydrogen-bond acceptors (Lipinski definition) is 4. The lowest BCUT2D eigenvalue weighted by Gasteiger charge is -2.09. The average molecular weight is 221 g/mol. The minimum Gasteiger partial charge on any atom is -0.477 e. The van der Waals surface area contributed by atoms with E-state index in [-0.39, 0.29) is 12.4 Å². The molecule has 7 heteroatoms. The van der Waals surface area contributed by atoms with Gasteiger partial charge in [-0.3, -0.25) is 0 Å². The fourth-order valence-corrected chi connectivity index (χ4v) is 0.881. The van der Waals surface area contributed by atoms with Crippen LogP contribution < -0.4 is 10.5 Å². The van der Waals surface area contributed by atoms with Gasteiger partial charge in [-0.05, 0) is 0 Å². The average Bonchev–Trinajstić information content (AvgIpc) is 2.16. The highest BCUT2D eigenvalue weighted by molar-refractivity contribution is 5.21. The third kappa shape index (κ3) is 4.11. The lowest BCUT2D eigenvalue weighted by Crippen LogP contribution is -2.14. The highest BCUT2D eigenvalue weighted by Crippen LogP contribution is 2.20. The van der Waals surface area contributed by atoms with E-state index >= 15 is 0 Å². The number of halogens is 3. The van der Waals surface area contributed by atoms with E-state index in [4.69, 9.17) is 10.5 Å². The number of aromatic nitrogens is 2. The van der Waals surface area contributed by atoms with Crippen molar-refractivity contribution >= 4 is 0 Å². The molecular weight excluding hydrogens is 211 g/mol. The van der Waals surface area contributed by atoms with Gasteiger partial charge < -0.3 is 10.5 Å². The summed E-state index contributed by atoms with van der Waals surface area (Å²) in [6.07, 6.45) is -2.63. The lowest BCUT2D eigenvalue weighted by atomic mass is 10.3. The van der Waals surface area contributed by atoms with Crippen molar-refractivity contribution in [3.05, 3.63) is 18.1 Å². The summed E-state index contributed by atoms with van der Waals surface area (Å²) in [5.41, 5.74) is 5.81. The van der Waals surface area contributed by atoms with Crippen LogP contribution in [0.5, 0.6) is 5.88 Å². The van der Waals surface area contributed by atoms with E-state index in [9.17, 15) is 13.2 Å². The Morgan fingerprint density at radius 3 is 2.73 bits per heavy atom. The van der Waals surface area contributed by atoms with Crippen LogP contribution in [0, 0.1) is 0 Å². The predicted molar refractivity (Wildman–Crippen MR) is 46.1 cm³/mol. The van der Waals surface area contributed by atoms with Gasteiger partial charge in [-0.1, -0.05) is 0 Å². The van der Waals surface area contributed by atoms with Gasteiger partial charge in [0.25, 0.3) is 0 Å². The highest BCUT2D eigenvalue weighted by atomic mass is 19.4. The zero-order chi connectivity index (χ0) is 11.3. The molecule has 0 saturated heterocycles. The summed E-state index contributed by atoms with van der Waals surface area (Å²) in [4.78, 5) is 7.37. The summed E-state index contributed by atoms with van der Waals surface area (Å²) in [7, 11) is 0. The Balaban J connectivity index is 2.50. The third-order valence-electron chi connectivity index (χ3n) is 1.59. The molecule has 15 heavy (non-hydrogen) atoms. The quantitative estimate of drug-likeness (QED) is 0.831. The molecule has 0 aliphatic heterocycles. The molecule has 4 nitrogen and oxygen atoms in total. The predicted octanol–water partition coefficient (Wildman–Crippen LogP) is 1.27. The maximum absolute atomic E-state index is 11.8. The van der Waals surface area contributed by atoms with Gasteiger partial charge in [-0.2, -0.15) is 13.2 Å². The van der Waals surface area contributed by atoms with Crippen LogP contribution in [-0.2, 0) is 6.54 Å². The molecule has 1 aromatic heterocycles. The van der Waals surface area contributed by atoms with Crippen LogP contribution in [0.2, 0.25) is 0 Å². The van der Waals surface area contributed by atoms with Crippen LogP contribution in [0.3, 0.4) is 0 Å². The first-order valence-electron chi connectivity index (χ1n) is 4.21. The number of alkyl halides is 3. The van der Waals surface area contributed by atoms with Crippen molar-refractivity contribution in [2.75, 3.05) is 6.61 Å². The standard InChI is InChI=1S/C8H10F3N3O/c9-8(10,11)1-2-15-7-6(3-12)4-13-5-14-7/h4-5H,1-3,12H2. The van der Waals surface area contributed by atoms with Crippen molar-refractivity contribution in [3.63, 3.8) is 0 Å². The van der Waals surface area contributed by atoms with Gasteiger partial charge >= 0.3 is 6.18 Å². The molecule has 0 radical (unpaired) electrons. The van der Waals surface area contributed by atoms with E-state index in [0.29, 0.717) is 5.56 Å². The van der Waals surface area contributed by atoms with Crippen molar-refractivity contribution in [1.29, 1.82) is 0 Å². The summed E-state index contributed by atoms with van der Waals surface area (Å²) in [5, 5.41) is 0. The molecule has 0 bridgehead atoms. The molecule has 0 atom stereocenters. The second-order valence-corrected chi connectivity index (χ2v) is 2.77. The van der Waals surface area contributed by atoms with E-state index in [1.54, 1.807) is 0 Å². The van der Waals surface area contributed by atoms with Crippen LogP contribution in [0.1, 0.15) is 12.0 Å². The first-order chi connectivity index (χ1) is 7.03. The van der Waals surface area contributed by atoms with Crippen LogP contribution in [-0.4, -0.2) is 22.8 Å². The molecule has 0 aliphatic carbocycles. The Morgan fingerprint density at radius 1 is 1.40 bits per heavy atom. The number of nitrogens with zero attached hydrogens (tertiary/aromatic N) is 2. The minimum absolute atomic E-state index is 0.108. The maximum atomic E-state index is 11.8. The molecular formula is C8H10F3N3O. The normalized spacial score (nSPS) is 11.5. The summed E-state index contributed by atoms with van der Waals surface area (Å²) >= 11 is 0. The Hall–Kier alpha value is -1.37. The summed E-state index contributed by atoms with van der Waals surface area (Å²) in [6, 6.07) is 0. The summed E-state index contributed by atoms with van der Waals surface area (Å²) < 4.78 is 40.3. The van der Waals surface area contributed by atoms with Crippen molar-refractivity contribution in [2.45, 2.75) is 19.1 Å². The summed E-state index contributed by atoms with van der Waals surface area (Å²) in [5.74, 6) is 0.108. The molecule has 0 amide bonds. The Bertz CT molecular complexity index is 316. The molecule has 84 valence electrons. The molecule has 0 saturated carbocycles. The molecule has 0 fully saturated rings. The lowest BCUT2D eigenvalue weighted by molar-refractivity contribution is -0.139. The van der Waals surface area contributed by atoms with E-state index < -0.39 is 19.2 Å². The maximum Gasteiger partial charge on any atom is 0.392 e. The van der Waals surface area contributed by atoms with Gasteiger partial charge in [-0.15, -0.1) is 0 Å². The van der Waals surface area contributed by atoms with Crippen LogP contribution in [0.15, 0.2) is 12.5 Å². The zero-order valence-electron chi connectivity index (χ0n) is 7.79. The van der Waals surface area contributed by atoms with E-state index in [1.807, 2.05) is 0 Å². The first-order valence-corrected chi connectivity index (χ1v) is 4.21. The van der Waals surface area contributed by atoms with E-state index in [1.165, 1.54) is 12.5 Å². The van der Waals surface area contributed by atoms with Gasteiger partial charge in [0.1, 0.15) is 6.33 Å². The zero-order valence-corrected chi connectivity index (χ0v) is 7.79. The molecule has 1 rings (SSSR count). The van der Waals surface area contributed by atoms with Gasteiger partial charge in [0, 0.05) is 18.3 Å². The molecule has 0 spiro atoms. The second-order valence-electron chi connectivity index (χ2n) is 2.77. The van der Waals surface area contributed by atoms with Crippen molar-refractivity contribution in [2.24, 2.45) is 5.73 Å². The minimum atomic E-state index is -4.23. The number of nitrogens with two attached hydrogens (primary N) is 1. The molecule has 1 aromatic rings. The highest BCUT2D eigenvalue weighted by Gasteiger charge is 2.27. The Labute approximate surface area is 84.3 Å². The van der Waals surface area contributed by atoms with Crippen molar-refractivity contribution in [3.8, 4) is 5.88 Å². The van der Waals surface area contributed by atoms with Crippen molar-refractivity contribution < 1.29 is 17.9 Å². The third-order valence-corrected chi connectivity index (χ3v) is 1.59. The molecule has 2 N–H and O–H groups in total. The number of ether oxygens (including phenoxy) is 1. The summed E-state index contributed by atoms with van der Waals surface area (Å²) in [6.45, 7) is -0.338. The molecule has 0 unspecified atom stereocenters. The number of hydrogen-bond donors (Lipinski definition) is 1. The second kappa shape index (κ2) is 4.92. The van der Waals surface area contributed by atoms with Gasteiger partial charge in [0.2, 0.25) is 5.88 Å². The largest absolute Gasteiger partial charge is 0.477 e. The fraction of sp³-hybridized carbons (Fsp3) is 0.500. The SMILES string of the molecule is NCc1cncnc1OCCC(F)(F)F. The van der Waals surface area contributed by atoms with Crippen LogP contribution in [0.4, 0.5) is 13.2 Å². The number of rotatable bonds is 4. The first kappa shape index (κ1) is 11.7. The smallest absolute Gasteiger partial charge is 0.392 e. The Kier molecular flexibility index (Phi) is 3.84.